The van der Waals surface area contributed by atoms with Gasteiger partial charge < -0.3 is 14.5 Å². The molecule has 7 heteroatoms. The molecule has 0 atom stereocenters. The summed E-state index contributed by atoms with van der Waals surface area (Å²) in [5, 5.41) is 3.36. The van der Waals surface area contributed by atoms with Crippen molar-refractivity contribution in [3.8, 4) is 6.01 Å². The first-order valence-electron chi connectivity index (χ1n) is 7.82. The van der Waals surface area contributed by atoms with E-state index in [0.717, 1.165) is 0 Å². The fraction of sp³-hybridized carbons (Fsp3) is 0.222. The van der Waals surface area contributed by atoms with Crippen LogP contribution in [0.25, 0.3) is 11.0 Å². The van der Waals surface area contributed by atoms with Crippen molar-refractivity contribution in [1.29, 1.82) is 0 Å². The van der Waals surface area contributed by atoms with E-state index in [1.807, 2.05) is 6.92 Å². The predicted octanol–water partition coefficient (Wildman–Crippen LogP) is 2.85. The van der Waals surface area contributed by atoms with Crippen LogP contribution >= 0.6 is 0 Å². The Morgan fingerprint density at radius 3 is 2.56 bits per heavy atom. The van der Waals surface area contributed by atoms with Gasteiger partial charge in [0.05, 0.1) is 23.7 Å². The lowest BCUT2D eigenvalue weighted by Crippen LogP contribution is -2.22. The molecule has 0 saturated carbocycles. The summed E-state index contributed by atoms with van der Waals surface area (Å²) < 4.78 is 10.5. The first-order chi connectivity index (χ1) is 12.0. The minimum atomic E-state index is -0.696. The summed E-state index contributed by atoms with van der Waals surface area (Å²) in [6.07, 6.45) is 0. The lowest BCUT2D eigenvalue weighted by molar-refractivity contribution is 0.102. The number of amides is 1. The number of aryl methyl sites for hydroxylation is 2. The Bertz CT molecular complexity index is 988. The van der Waals surface area contributed by atoms with Gasteiger partial charge in [0.15, 0.2) is 0 Å². The largest absolute Gasteiger partial charge is 0.464 e. The van der Waals surface area contributed by atoms with Crippen molar-refractivity contribution in [2.45, 2.75) is 20.8 Å². The molecule has 7 nitrogen and oxygen atoms in total. The van der Waals surface area contributed by atoms with Crippen molar-refractivity contribution in [2.75, 3.05) is 11.9 Å². The fourth-order valence-electron chi connectivity index (χ4n) is 2.46. The summed E-state index contributed by atoms with van der Waals surface area (Å²) in [4.78, 5) is 33.0. The van der Waals surface area contributed by atoms with E-state index in [1.165, 1.54) is 6.07 Å². The van der Waals surface area contributed by atoms with Crippen molar-refractivity contribution in [3.05, 3.63) is 57.7 Å². The average Bonchev–Trinajstić information content (AvgIpc) is 2.57. The maximum absolute atomic E-state index is 12.5. The molecule has 1 N–H and O–H groups in total. The van der Waals surface area contributed by atoms with E-state index >= 15 is 0 Å². The molecule has 1 amide bonds. The highest BCUT2D eigenvalue weighted by Gasteiger charge is 2.17. The second-order valence-corrected chi connectivity index (χ2v) is 5.42. The van der Waals surface area contributed by atoms with Crippen molar-refractivity contribution in [3.63, 3.8) is 0 Å². The number of aromatic nitrogens is 2. The van der Waals surface area contributed by atoms with Crippen LogP contribution in [0.4, 0.5) is 5.69 Å². The summed E-state index contributed by atoms with van der Waals surface area (Å²) in [5.74, 6) is -0.571. The number of fused-ring (bicyclic) bond motifs is 1. The monoisotopic (exact) mass is 339 g/mol. The van der Waals surface area contributed by atoms with E-state index in [1.54, 1.807) is 38.1 Å². The molecule has 0 aliphatic carbocycles. The Balaban J connectivity index is 1.95. The third kappa shape index (κ3) is 3.35. The Hall–Kier alpha value is -3.22. The Labute approximate surface area is 143 Å². The smallest absolute Gasteiger partial charge is 0.349 e. The SMILES string of the molecule is CCOc1nc(C)c(NC(=O)c2cc3ccccc3oc2=O)c(C)n1. The van der Waals surface area contributed by atoms with Crippen LogP contribution < -0.4 is 15.7 Å². The van der Waals surface area contributed by atoms with Gasteiger partial charge in [-0.3, -0.25) is 4.79 Å². The third-order valence-electron chi connectivity index (χ3n) is 3.65. The van der Waals surface area contributed by atoms with E-state index in [-0.39, 0.29) is 11.6 Å². The Kier molecular flexibility index (Phi) is 4.47. The van der Waals surface area contributed by atoms with Crippen LogP contribution in [0.1, 0.15) is 28.7 Å². The van der Waals surface area contributed by atoms with Gasteiger partial charge in [0, 0.05) is 5.39 Å². The van der Waals surface area contributed by atoms with Crippen molar-refractivity contribution < 1.29 is 13.9 Å². The van der Waals surface area contributed by atoms with Gasteiger partial charge in [-0.05, 0) is 32.9 Å². The standard InChI is InChI=1S/C18H17N3O4/c1-4-24-18-19-10(2)15(11(3)20-18)21-16(22)13-9-12-7-5-6-8-14(12)25-17(13)23/h5-9H,4H2,1-3H3,(H,21,22). The van der Waals surface area contributed by atoms with Gasteiger partial charge in [-0.1, -0.05) is 18.2 Å². The zero-order valence-electron chi connectivity index (χ0n) is 14.1. The van der Waals surface area contributed by atoms with Crippen LogP contribution in [-0.2, 0) is 0 Å². The molecule has 3 aromatic rings. The number of carbonyl (C=O) groups excluding carboxylic acids is 1. The highest BCUT2D eigenvalue weighted by atomic mass is 16.5. The molecule has 0 fully saturated rings. The van der Waals surface area contributed by atoms with E-state index in [0.29, 0.717) is 34.7 Å². The van der Waals surface area contributed by atoms with Crippen LogP contribution in [0.2, 0.25) is 0 Å². The number of anilines is 1. The molecule has 0 radical (unpaired) electrons. The number of para-hydroxylation sites is 1. The van der Waals surface area contributed by atoms with E-state index in [4.69, 9.17) is 9.15 Å². The number of carbonyl (C=O) groups is 1. The molecule has 0 saturated heterocycles. The Morgan fingerprint density at radius 1 is 1.20 bits per heavy atom. The number of hydrogen-bond donors (Lipinski definition) is 1. The normalized spacial score (nSPS) is 10.7. The number of nitrogens with zero attached hydrogens (tertiary/aromatic N) is 2. The number of ether oxygens (including phenoxy) is 1. The van der Waals surface area contributed by atoms with Crippen LogP contribution in [0.3, 0.4) is 0 Å². The number of hydrogen-bond acceptors (Lipinski definition) is 6. The second-order valence-electron chi connectivity index (χ2n) is 5.42. The van der Waals surface area contributed by atoms with Crippen LogP contribution in [-0.4, -0.2) is 22.5 Å². The van der Waals surface area contributed by atoms with Gasteiger partial charge in [0.2, 0.25) is 0 Å². The fourth-order valence-corrected chi connectivity index (χ4v) is 2.46. The number of benzene rings is 1. The van der Waals surface area contributed by atoms with E-state index < -0.39 is 11.5 Å². The highest BCUT2D eigenvalue weighted by Crippen LogP contribution is 2.21. The summed E-state index contributed by atoms with van der Waals surface area (Å²) in [7, 11) is 0. The van der Waals surface area contributed by atoms with Gasteiger partial charge in [-0.15, -0.1) is 0 Å². The molecule has 2 heterocycles. The van der Waals surface area contributed by atoms with Crippen LogP contribution in [0.5, 0.6) is 6.01 Å². The molecule has 0 bridgehead atoms. The van der Waals surface area contributed by atoms with Crippen molar-refractivity contribution in [1.82, 2.24) is 9.97 Å². The number of nitrogens with one attached hydrogen (secondary N) is 1. The lowest BCUT2D eigenvalue weighted by Gasteiger charge is -2.12. The predicted molar refractivity (Wildman–Crippen MR) is 93.1 cm³/mol. The topological polar surface area (TPSA) is 94.3 Å². The van der Waals surface area contributed by atoms with Crippen molar-refractivity contribution >= 4 is 22.6 Å². The molecule has 128 valence electrons. The minimum Gasteiger partial charge on any atom is -0.464 e. The van der Waals surface area contributed by atoms with Gasteiger partial charge in [0.1, 0.15) is 11.1 Å². The molecule has 0 spiro atoms. The zero-order chi connectivity index (χ0) is 18.0. The van der Waals surface area contributed by atoms with Gasteiger partial charge in [-0.25, -0.2) is 4.79 Å². The summed E-state index contributed by atoms with van der Waals surface area (Å²) in [6.45, 7) is 5.75. The maximum atomic E-state index is 12.5. The molecule has 0 aliphatic rings. The molecule has 0 unspecified atom stereocenters. The van der Waals surface area contributed by atoms with Gasteiger partial charge in [0.25, 0.3) is 5.91 Å². The van der Waals surface area contributed by atoms with Crippen LogP contribution in [0.15, 0.2) is 39.5 Å². The van der Waals surface area contributed by atoms with Crippen LogP contribution in [0, 0.1) is 13.8 Å². The van der Waals surface area contributed by atoms with Crippen molar-refractivity contribution in [2.24, 2.45) is 0 Å². The van der Waals surface area contributed by atoms with Gasteiger partial charge >= 0.3 is 11.6 Å². The van der Waals surface area contributed by atoms with E-state index in [9.17, 15) is 9.59 Å². The molecule has 25 heavy (non-hydrogen) atoms. The summed E-state index contributed by atoms with van der Waals surface area (Å²) in [5.41, 5.74) is 1.20. The first-order valence-corrected chi connectivity index (χ1v) is 7.82. The van der Waals surface area contributed by atoms with E-state index in [2.05, 4.69) is 15.3 Å². The zero-order valence-corrected chi connectivity index (χ0v) is 14.1. The minimum absolute atomic E-state index is 0.0774. The third-order valence-corrected chi connectivity index (χ3v) is 3.65. The molecule has 1 aromatic carbocycles. The average molecular weight is 339 g/mol. The first kappa shape index (κ1) is 16.6. The van der Waals surface area contributed by atoms with Gasteiger partial charge in [-0.2, -0.15) is 9.97 Å². The Morgan fingerprint density at radius 2 is 1.88 bits per heavy atom. The molecular weight excluding hydrogens is 322 g/mol. The molecule has 2 aromatic heterocycles. The summed E-state index contributed by atoms with van der Waals surface area (Å²) >= 11 is 0. The second kappa shape index (κ2) is 6.72. The quantitative estimate of drug-likeness (QED) is 0.735. The molecular formula is C18H17N3O4. The number of rotatable bonds is 4. The molecule has 0 aliphatic heterocycles. The highest BCUT2D eigenvalue weighted by molar-refractivity contribution is 6.05. The maximum Gasteiger partial charge on any atom is 0.349 e. The lowest BCUT2D eigenvalue weighted by atomic mass is 10.1. The molecule has 3 rings (SSSR count). The summed E-state index contributed by atoms with van der Waals surface area (Å²) in [6, 6.07) is 8.77.